The third-order valence-electron chi connectivity index (χ3n) is 3.58. The number of esters is 1. The van der Waals surface area contributed by atoms with Crippen LogP contribution in [0.25, 0.3) is 0 Å². The maximum Gasteiger partial charge on any atom is 0.412 e. The van der Waals surface area contributed by atoms with Gasteiger partial charge in [-0.15, -0.1) is 0 Å². The average molecular weight is 333 g/mol. The lowest BCUT2D eigenvalue weighted by molar-refractivity contribution is -0.145. The van der Waals surface area contributed by atoms with Gasteiger partial charge in [-0.25, -0.2) is 9.59 Å². The summed E-state index contributed by atoms with van der Waals surface area (Å²) in [5, 5.41) is 0. The number of benzene rings is 1. The molecule has 0 bridgehead atoms. The Hall–Kier alpha value is -2.50. The first kappa shape index (κ1) is 17.8. The molecule has 0 fully saturated rings. The van der Waals surface area contributed by atoms with E-state index < -0.39 is 29.7 Å². The number of amides is 1. The molecule has 0 aliphatic carbocycles. The van der Waals surface area contributed by atoms with Crippen LogP contribution in [-0.2, 0) is 14.3 Å². The van der Waals surface area contributed by atoms with Gasteiger partial charge in [0.1, 0.15) is 11.4 Å². The molecule has 0 spiro atoms. The highest BCUT2D eigenvalue weighted by molar-refractivity contribution is 5.85. The van der Waals surface area contributed by atoms with Crippen LogP contribution in [0.5, 0.6) is 5.75 Å². The molecular formula is C18H23NO5. The van der Waals surface area contributed by atoms with Gasteiger partial charge in [0, 0.05) is 0 Å². The molecular weight excluding hydrogens is 310 g/mol. The standard InChI is InChI=1S/C18H23NO5/c1-18(2,3)24-17(21)19-14(10-11-15(19)16(20)23-5)12-6-8-13(22-4)9-7-12/h6-11,14-15H,1-5H3/t14-,15-/m0/s1. The lowest BCUT2D eigenvalue weighted by atomic mass is 10.1. The Morgan fingerprint density at radius 3 is 2.17 bits per heavy atom. The fraction of sp³-hybridized carbons (Fsp3) is 0.444. The molecule has 0 N–H and O–H groups in total. The predicted molar refractivity (Wildman–Crippen MR) is 88.8 cm³/mol. The number of nitrogens with zero attached hydrogens (tertiary/aromatic N) is 1. The number of carbonyl (C=O) groups excluding carboxylic acids is 2. The van der Waals surface area contributed by atoms with Crippen LogP contribution in [0.3, 0.4) is 0 Å². The molecule has 2 rings (SSSR count). The van der Waals surface area contributed by atoms with Crippen molar-refractivity contribution in [3.8, 4) is 5.75 Å². The number of rotatable bonds is 3. The molecule has 1 aromatic rings. The van der Waals surface area contributed by atoms with Gasteiger partial charge in [-0.05, 0) is 38.5 Å². The Morgan fingerprint density at radius 1 is 1.04 bits per heavy atom. The molecule has 1 amide bonds. The Labute approximate surface area is 142 Å². The SMILES string of the molecule is COC(=O)[C@@H]1C=C[C@@H](c2ccc(OC)cc2)N1C(=O)OC(C)(C)C. The third kappa shape index (κ3) is 3.88. The minimum Gasteiger partial charge on any atom is -0.497 e. The van der Waals surface area contributed by atoms with E-state index >= 15 is 0 Å². The van der Waals surface area contributed by atoms with Crippen LogP contribution in [0.4, 0.5) is 4.79 Å². The summed E-state index contributed by atoms with van der Waals surface area (Å²) in [5.41, 5.74) is 0.189. The van der Waals surface area contributed by atoms with Gasteiger partial charge >= 0.3 is 12.1 Å². The lowest BCUT2D eigenvalue weighted by Gasteiger charge is -2.31. The van der Waals surface area contributed by atoms with E-state index in [4.69, 9.17) is 14.2 Å². The molecule has 1 aliphatic heterocycles. The molecule has 0 radical (unpaired) electrons. The predicted octanol–water partition coefficient (Wildman–Crippen LogP) is 3.08. The monoisotopic (exact) mass is 333 g/mol. The van der Waals surface area contributed by atoms with Gasteiger partial charge in [0.05, 0.1) is 20.3 Å². The fourth-order valence-electron chi connectivity index (χ4n) is 2.50. The quantitative estimate of drug-likeness (QED) is 0.628. The van der Waals surface area contributed by atoms with E-state index in [2.05, 4.69) is 0 Å². The third-order valence-corrected chi connectivity index (χ3v) is 3.58. The minimum atomic E-state index is -0.808. The second-order valence-electron chi connectivity index (χ2n) is 6.46. The van der Waals surface area contributed by atoms with E-state index in [1.165, 1.54) is 12.0 Å². The number of hydrogen-bond donors (Lipinski definition) is 0. The van der Waals surface area contributed by atoms with E-state index in [0.717, 1.165) is 5.56 Å². The van der Waals surface area contributed by atoms with E-state index in [0.29, 0.717) is 5.75 Å². The molecule has 24 heavy (non-hydrogen) atoms. The molecule has 130 valence electrons. The van der Waals surface area contributed by atoms with Crippen molar-refractivity contribution in [1.82, 2.24) is 4.90 Å². The van der Waals surface area contributed by atoms with Gasteiger partial charge in [0.15, 0.2) is 6.04 Å². The van der Waals surface area contributed by atoms with Crippen molar-refractivity contribution in [3.63, 3.8) is 0 Å². The zero-order chi connectivity index (χ0) is 17.9. The van der Waals surface area contributed by atoms with Gasteiger partial charge in [-0.2, -0.15) is 0 Å². The van der Waals surface area contributed by atoms with Crippen molar-refractivity contribution in [1.29, 1.82) is 0 Å². The Morgan fingerprint density at radius 2 is 1.67 bits per heavy atom. The second kappa shape index (κ2) is 6.95. The molecule has 1 aliphatic rings. The largest absolute Gasteiger partial charge is 0.497 e. The normalized spacial score (nSPS) is 20.0. The highest BCUT2D eigenvalue weighted by atomic mass is 16.6. The summed E-state index contributed by atoms with van der Waals surface area (Å²) < 4.78 is 15.4. The summed E-state index contributed by atoms with van der Waals surface area (Å²) in [7, 11) is 2.88. The van der Waals surface area contributed by atoms with Crippen LogP contribution in [0.1, 0.15) is 32.4 Å². The summed E-state index contributed by atoms with van der Waals surface area (Å²) in [6.07, 6.45) is 2.89. The van der Waals surface area contributed by atoms with Crippen LogP contribution < -0.4 is 4.74 Å². The number of methoxy groups -OCH3 is 2. The van der Waals surface area contributed by atoms with Gasteiger partial charge < -0.3 is 14.2 Å². The molecule has 1 heterocycles. The molecule has 0 saturated heterocycles. The number of ether oxygens (including phenoxy) is 3. The topological polar surface area (TPSA) is 65.1 Å². The Balaban J connectivity index is 2.32. The summed E-state index contributed by atoms with van der Waals surface area (Å²) in [6, 6.07) is 6.10. The number of carbonyl (C=O) groups is 2. The van der Waals surface area contributed by atoms with Crippen LogP contribution in [0.15, 0.2) is 36.4 Å². The first-order valence-electron chi connectivity index (χ1n) is 7.68. The smallest absolute Gasteiger partial charge is 0.412 e. The highest BCUT2D eigenvalue weighted by Gasteiger charge is 2.40. The van der Waals surface area contributed by atoms with Crippen LogP contribution in [0.2, 0.25) is 0 Å². The molecule has 0 aromatic heterocycles. The maximum absolute atomic E-state index is 12.6. The van der Waals surface area contributed by atoms with Crippen LogP contribution in [-0.4, -0.2) is 42.8 Å². The molecule has 1 aromatic carbocycles. The summed E-state index contributed by atoms with van der Waals surface area (Å²) in [6.45, 7) is 5.35. The van der Waals surface area contributed by atoms with Gasteiger partial charge in [0.2, 0.25) is 0 Å². The van der Waals surface area contributed by atoms with Crippen molar-refractivity contribution < 1.29 is 23.8 Å². The van der Waals surface area contributed by atoms with E-state index in [9.17, 15) is 9.59 Å². The summed E-state index contributed by atoms with van der Waals surface area (Å²) in [4.78, 5) is 26.0. The molecule has 0 saturated carbocycles. The Kier molecular flexibility index (Phi) is 5.17. The van der Waals surface area contributed by atoms with Gasteiger partial charge in [0.25, 0.3) is 0 Å². The van der Waals surface area contributed by atoms with Crippen LogP contribution in [0, 0.1) is 0 Å². The second-order valence-corrected chi connectivity index (χ2v) is 6.46. The first-order valence-corrected chi connectivity index (χ1v) is 7.68. The molecule has 0 unspecified atom stereocenters. The zero-order valence-corrected chi connectivity index (χ0v) is 14.6. The number of hydrogen-bond acceptors (Lipinski definition) is 5. The van der Waals surface area contributed by atoms with E-state index in [1.54, 1.807) is 40.0 Å². The van der Waals surface area contributed by atoms with Crippen molar-refractivity contribution in [2.24, 2.45) is 0 Å². The molecule has 6 heteroatoms. The average Bonchev–Trinajstić information content (AvgIpc) is 2.97. The highest BCUT2D eigenvalue weighted by Crippen LogP contribution is 2.33. The molecule has 2 atom stereocenters. The fourth-order valence-corrected chi connectivity index (χ4v) is 2.50. The van der Waals surface area contributed by atoms with Crippen molar-refractivity contribution >= 4 is 12.1 Å². The van der Waals surface area contributed by atoms with Gasteiger partial charge in [-0.3, -0.25) is 4.90 Å². The van der Waals surface area contributed by atoms with E-state index in [-0.39, 0.29) is 0 Å². The van der Waals surface area contributed by atoms with Gasteiger partial charge in [-0.1, -0.05) is 24.3 Å². The minimum absolute atomic E-state index is 0.408. The summed E-state index contributed by atoms with van der Waals surface area (Å²) >= 11 is 0. The maximum atomic E-state index is 12.6. The Bertz CT molecular complexity index is 630. The molecule has 6 nitrogen and oxygen atoms in total. The van der Waals surface area contributed by atoms with Crippen LogP contribution >= 0.6 is 0 Å². The van der Waals surface area contributed by atoms with Crippen molar-refractivity contribution in [3.05, 3.63) is 42.0 Å². The zero-order valence-electron chi connectivity index (χ0n) is 14.6. The van der Waals surface area contributed by atoms with Crippen molar-refractivity contribution in [2.45, 2.75) is 38.5 Å². The first-order chi connectivity index (χ1) is 11.3. The van der Waals surface area contributed by atoms with E-state index in [1.807, 2.05) is 24.3 Å². The lowest BCUT2D eigenvalue weighted by Crippen LogP contribution is -2.45. The summed E-state index contributed by atoms with van der Waals surface area (Å²) in [5.74, 6) is 0.210. The van der Waals surface area contributed by atoms with Crippen molar-refractivity contribution in [2.75, 3.05) is 14.2 Å².